The molecule has 0 spiro atoms. The number of esters is 1. The number of aromatic nitrogens is 2. The summed E-state index contributed by atoms with van der Waals surface area (Å²) in [6, 6.07) is 16.4. The van der Waals surface area contributed by atoms with Crippen LogP contribution in [0.5, 0.6) is 0 Å². The summed E-state index contributed by atoms with van der Waals surface area (Å²) in [5, 5.41) is 10.5. The Kier molecular flexibility index (Phi) is 8.81. The Morgan fingerprint density at radius 2 is 1.71 bits per heavy atom. The van der Waals surface area contributed by atoms with Gasteiger partial charge in [0.05, 0.1) is 18.7 Å². The first kappa shape index (κ1) is 25.0. The second kappa shape index (κ2) is 12.0. The van der Waals surface area contributed by atoms with Crippen molar-refractivity contribution >= 4 is 29.4 Å². The third-order valence-corrected chi connectivity index (χ3v) is 5.51. The van der Waals surface area contributed by atoms with E-state index >= 15 is 0 Å². The average Bonchev–Trinajstić information content (AvgIpc) is 3.09. The normalized spacial score (nSPS) is 10.6. The highest BCUT2D eigenvalue weighted by molar-refractivity contribution is 6.30. The van der Waals surface area contributed by atoms with Crippen molar-refractivity contribution < 1.29 is 19.1 Å². The molecule has 0 aliphatic rings. The summed E-state index contributed by atoms with van der Waals surface area (Å²) in [5.74, 6) is -1.30. The second-order valence-corrected chi connectivity index (χ2v) is 8.18. The molecule has 0 fully saturated rings. The van der Waals surface area contributed by atoms with Crippen molar-refractivity contribution in [1.29, 1.82) is 0 Å². The molecule has 178 valence electrons. The van der Waals surface area contributed by atoms with Crippen LogP contribution in [0.1, 0.15) is 39.3 Å². The van der Waals surface area contributed by atoms with Crippen molar-refractivity contribution in [2.45, 2.75) is 33.4 Å². The molecule has 0 atom stereocenters. The minimum absolute atomic E-state index is 0.0446. The number of carbonyl (C=O) groups excluding carboxylic acids is 3. The van der Waals surface area contributed by atoms with E-state index in [0.29, 0.717) is 23.7 Å². The average molecular weight is 483 g/mol. The Hall–Kier alpha value is -3.65. The van der Waals surface area contributed by atoms with Crippen LogP contribution in [0.15, 0.2) is 54.6 Å². The number of amides is 2. The molecule has 3 aromatic rings. The van der Waals surface area contributed by atoms with E-state index in [1.165, 1.54) is 0 Å². The summed E-state index contributed by atoms with van der Waals surface area (Å²) >= 11 is 5.80. The largest absolute Gasteiger partial charge is 0.456 e. The van der Waals surface area contributed by atoms with Crippen LogP contribution in [-0.2, 0) is 27.4 Å². The van der Waals surface area contributed by atoms with Crippen molar-refractivity contribution in [3.63, 3.8) is 0 Å². The molecule has 8 nitrogen and oxygen atoms in total. The molecule has 0 saturated heterocycles. The van der Waals surface area contributed by atoms with Crippen LogP contribution >= 0.6 is 11.6 Å². The van der Waals surface area contributed by atoms with Crippen molar-refractivity contribution in [2.24, 2.45) is 0 Å². The third kappa shape index (κ3) is 7.18. The third-order valence-electron chi connectivity index (χ3n) is 5.25. The molecule has 1 heterocycles. The number of nitrogens with one attached hydrogen (secondary N) is 2. The van der Waals surface area contributed by atoms with Crippen LogP contribution in [0.25, 0.3) is 0 Å². The molecule has 0 aliphatic carbocycles. The van der Waals surface area contributed by atoms with Gasteiger partial charge in [0.25, 0.3) is 11.8 Å². The van der Waals surface area contributed by atoms with Crippen LogP contribution in [0.4, 0.5) is 0 Å². The Balaban J connectivity index is 1.38. The first-order chi connectivity index (χ1) is 16.3. The molecule has 9 heteroatoms. The van der Waals surface area contributed by atoms with E-state index in [0.717, 1.165) is 22.5 Å². The fourth-order valence-corrected chi connectivity index (χ4v) is 3.46. The molecule has 2 N–H and O–H groups in total. The van der Waals surface area contributed by atoms with Gasteiger partial charge < -0.3 is 15.4 Å². The predicted molar refractivity (Wildman–Crippen MR) is 128 cm³/mol. The topological polar surface area (TPSA) is 102 Å². The van der Waals surface area contributed by atoms with Crippen molar-refractivity contribution in [1.82, 2.24) is 20.4 Å². The van der Waals surface area contributed by atoms with Crippen LogP contribution in [-0.4, -0.2) is 40.7 Å². The minimum Gasteiger partial charge on any atom is -0.456 e. The van der Waals surface area contributed by atoms with Gasteiger partial charge in [-0.3, -0.25) is 19.1 Å². The lowest BCUT2D eigenvalue weighted by molar-refractivity contribution is -0.148. The summed E-state index contributed by atoms with van der Waals surface area (Å²) in [7, 11) is 0. The number of nitrogens with zero attached hydrogens (tertiary/aromatic N) is 2. The Bertz CT molecular complexity index is 1140. The zero-order chi connectivity index (χ0) is 24.5. The van der Waals surface area contributed by atoms with Crippen LogP contribution in [0, 0.1) is 13.8 Å². The maximum Gasteiger partial charge on any atom is 0.308 e. The monoisotopic (exact) mass is 482 g/mol. The number of halogens is 1. The molecule has 2 amide bonds. The van der Waals surface area contributed by atoms with E-state index in [9.17, 15) is 14.4 Å². The highest BCUT2D eigenvalue weighted by Gasteiger charge is 2.14. The Labute approximate surface area is 203 Å². The van der Waals surface area contributed by atoms with Crippen LogP contribution in [0.2, 0.25) is 5.02 Å². The van der Waals surface area contributed by atoms with E-state index in [-0.39, 0.29) is 25.5 Å². The molecular weight excluding hydrogens is 456 g/mol. The predicted octanol–water partition coefficient (Wildman–Crippen LogP) is 3.18. The molecule has 3 rings (SSSR count). The number of benzene rings is 2. The first-order valence-electron chi connectivity index (χ1n) is 10.9. The van der Waals surface area contributed by atoms with Gasteiger partial charge >= 0.3 is 5.97 Å². The highest BCUT2D eigenvalue weighted by atomic mass is 35.5. The molecular formula is C25H27ClN4O4. The smallest absolute Gasteiger partial charge is 0.308 e. The second-order valence-electron chi connectivity index (χ2n) is 7.74. The van der Waals surface area contributed by atoms with Gasteiger partial charge in [-0.1, -0.05) is 41.9 Å². The summed E-state index contributed by atoms with van der Waals surface area (Å²) in [4.78, 5) is 36.0. The zero-order valence-electron chi connectivity index (χ0n) is 19.1. The SMILES string of the molecule is Cc1nn(Cc2ccccc2)c(C)c1CNC(=O)COC(=O)CCNC(=O)c1ccc(Cl)cc1. The van der Waals surface area contributed by atoms with Gasteiger partial charge in [0.1, 0.15) is 0 Å². The minimum atomic E-state index is -0.574. The van der Waals surface area contributed by atoms with Crippen LogP contribution in [0.3, 0.4) is 0 Å². The van der Waals surface area contributed by atoms with Gasteiger partial charge in [0.15, 0.2) is 6.61 Å². The number of aryl methyl sites for hydroxylation is 1. The Morgan fingerprint density at radius 3 is 2.41 bits per heavy atom. The highest BCUT2D eigenvalue weighted by Crippen LogP contribution is 2.15. The molecule has 0 aliphatic heterocycles. The maximum absolute atomic E-state index is 12.1. The van der Waals surface area contributed by atoms with E-state index in [1.807, 2.05) is 48.9 Å². The molecule has 0 saturated carbocycles. The van der Waals surface area contributed by atoms with Crippen molar-refractivity contribution in [3.05, 3.63) is 87.7 Å². The molecule has 0 radical (unpaired) electrons. The zero-order valence-corrected chi connectivity index (χ0v) is 19.9. The summed E-state index contributed by atoms with van der Waals surface area (Å²) in [6.07, 6.45) is -0.0446. The lowest BCUT2D eigenvalue weighted by Gasteiger charge is -2.09. The van der Waals surface area contributed by atoms with Gasteiger partial charge in [-0.05, 0) is 43.7 Å². The number of hydrogen-bond donors (Lipinski definition) is 2. The maximum atomic E-state index is 12.1. The molecule has 1 aromatic heterocycles. The quantitative estimate of drug-likeness (QED) is 0.432. The summed E-state index contributed by atoms with van der Waals surface area (Å²) in [5.41, 5.74) is 4.31. The van der Waals surface area contributed by atoms with Crippen molar-refractivity contribution in [3.8, 4) is 0 Å². The molecule has 0 bridgehead atoms. The van der Waals surface area contributed by atoms with Crippen molar-refractivity contribution in [2.75, 3.05) is 13.2 Å². The summed E-state index contributed by atoms with van der Waals surface area (Å²) < 4.78 is 6.91. The van der Waals surface area contributed by atoms with E-state index in [2.05, 4.69) is 15.7 Å². The van der Waals surface area contributed by atoms with E-state index in [4.69, 9.17) is 16.3 Å². The van der Waals surface area contributed by atoms with Gasteiger partial charge in [-0.2, -0.15) is 5.10 Å². The standard InChI is InChI=1S/C25H27ClN4O4/c1-17-22(18(2)30(29-17)15-19-6-4-3-5-7-19)14-28-23(31)16-34-24(32)12-13-27-25(33)20-8-10-21(26)11-9-20/h3-11H,12-16H2,1-2H3,(H,27,33)(H,28,31). The number of rotatable bonds is 10. The number of hydrogen-bond acceptors (Lipinski definition) is 5. The molecule has 34 heavy (non-hydrogen) atoms. The molecule has 0 unspecified atom stereocenters. The lowest BCUT2D eigenvalue weighted by atomic mass is 10.2. The Morgan fingerprint density at radius 1 is 1.00 bits per heavy atom. The van der Waals surface area contributed by atoms with E-state index < -0.39 is 11.9 Å². The van der Waals surface area contributed by atoms with Crippen LogP contribution < -0.4 is 10.6 Å². The lowest BCUT2D eigenvalue weighted by Crippen LogP contribution is -2.30. The van der Waals surface area contributed by atoms with Gasteiger partial charge in [-0.15, -0.1) is 0 Å². The fraction of sp³-hybridized carbons (Fsp3) is 0.280. The number of carbonyl (C=O) groups is 3. The van der Waals surface area contributed by atoms with Gasteiger partial charge in [0, 0.05) is 34.9 Å². The van der Waals surface area contributed by atoms with Gasteiger partial charge in [0.2, 0.25) is 0 Å². The van der Waals surface area contributed by atoms with Gasteiger partial charge in [-0.25, -0.2) is 0 Å². The summed E-state index contributed by atoms with van der Waals surface area (Å²) in [6.45, 7) is 4.51. The first-order valence-corrected chi connectivity index (χ1v) is 11.2. The fourth-order valence-electron chi connectivity index (χ4n) is 3.34. The number of ether oxygens (including phenoxy) is 1. The molecule has 2 aromatic carbocycles. The van der Waals surface area contributed by atoms with E-state index in [1.54, 1.807) is 24.3 Å².